The Hall–Kier alpha value is -1.85. The fraction of sp³-hybridized carbons (Fsp3) is 0.667. The smallest absolute Gasteiger partial charge is 0.329 e. The molecule has 1 fully saturated rings. The summed E-state index contributed by atoms with van der Waals surface area (Å²) in [6.07, 6.45) is 5.03. The maximum atomic E-state index is 12.6. The standard InChI is InChI=1S/C15H23N3O3/c1-4-15(14(20)21)6-5-8-18(15)12-13(19)17(9-7-16-12)10-11(2)3/h7,9,11H,4-6,8,10H2,1-3H3,(H,20,21). The number of carbonyl (C=O) groups is 1. The molecule has 2 heterocycles. The van der Waals surface area contributed by atoms with E-state index in [0.717, 1.165) is 6.42 Å². The van der Waals surface area contributed by atoms with Crippen molar-refractivity contribution in [1.29, 1.82) is 0 Å². The van der Waals surface area contributed by atoms with Crippen LogP contribution in [0.15, 0.2) is 17.2 Å². The highest BCUT2D eigenvalue weighted by Crippen LogP contribution is 2.34. The third kappa shape index (κ3) is 2.66. The van der Waals surface area contributed by atoms with Crippen LogP contribution in [0.4, 0.5) is 5.82 Å². The van der Waals surface area contributed by atoms with Crippen LogP contribution in [0, 0.1) is 5.92 Å². The normalized spacial score (nSPS) is 22.0. The molecule has 1 unspecified atom stereocenters. The molecule has 0 amide bonds. The van der Waals surface area contributed by atoms with Crippen molar-refractivity contribution in [1.82, 2.24) is 9.55 Å². The van der Waals surface area contributed by atoms with Crippen molar-refractivity contribution < 1.29 is 9.90 Å². The zero-order valence-corrected chi connectivity index (χ0v) is 12.9. The van der Waals surface area contributed by atoms with Crippen molar-refractivity contribution in [2.45, 2.75) is 52.1 Å². The molecule has 1 aromatic rings. The van der Waals surface area contributed by atoms with Crippen molar-refractivity contribution in [2.24, 2.45) is 5.92 Å². The van der Waals surface area contributed by atoms with Crippen LogP contribution in [0.25, 0.3) is 0 Å². The fourth-order valence-corrected chi connectivity index (χ4v) is 3.09. The molecule has 0 aromatic carbocycles. The third-order valence-electron chi connectivity index (χ3n) is 4.18. The molecule has 116 valence electrons. The van der Waals surface area contributed by atoms with Crippen LogP contribution in [0.1, 0.15) is 40.0 Å². The molecule has 1 atom stereocenters. The van der Waals surface area contributed by atoms with Crippen LogP contribution < -0.4 is 10.5 Å². The van der Waals surface area contributed by atoms with Crippen LogP contribution in [0.2, 0.25) is 0 Å². The minimum Gasteiger partial charge on any atom is -0.479 e. The number of hydrogen-bond acceptors (Lipinski definition) is 4. The van der Waals surface area contributed by atoms with Gasteiger partial charge in [0, 0.05) is 25.5 Å². The van der Waals surface area contributed by atoms with Crippen molar-refractivity contribution in [2.75, 3.05) is 11.4 Å². The summed E-state index contributed by atoms with van der Waals surface area (Å²) in [4.78, 5) is 30.2. The molecule has 6 heteroatoms. The highest BCUT2D eigenvalue weighted by Gasteiger charge is 2.47. The van der Waals surface area contributed by atoms with Gasteiger partial charge in [-0.25, -0.2) is 9.78 Å². The Morgan fingerprint density at radius 2 is 2.24 bits per heavy atom. The molecule has 1 aliphatic rings. The first-order valence-corrected chi connectivity index (χ1v) is 7.49. The second kappa shape index (κ2) is 5.87. The van der Waals surface area contributed by atoms with E-state index in [1.54, 1.807) is 21.9 Å². The summed E-state index contributed by atoms with van der Waals surface area (Å²) in [7, 11) is 0. The molecule has 1 aromatic heterocycles. The third-order valence-corrected chi connectivity index (χ3v) is 4.18. The van der Waals surface area contributed by atoms with E-state index in [4.69, 9.17) is 0 Å². The summed E-state index contributed by atoms with van der Waals surface area (Å²) >= 11 is 0. The number of carboxylic acid groups (broad SMARTS) is 1. The number of aromatic nitrogens is 2. The number of carboxylic acids is 1. The van der Waals surface area contributed by atoms with Crippen molar-refractivity contribution in [3.63, 3.8) is 0 Å². The van der Waals surface area contributed by atoms with Gasteiger partial charge in [0.25, 0.3) is 5.56 Å². The van der Waals surface area contributed by atoms with Crippen molar-refractivity contribution >= 4 is 11.8 Å². The first-order chi connectivity index (χ1) is 9.92. The average Bonchev–Trinajstić information content (AvgIpc) is 2.85. The molecule has 2 rings (SSSR count). The summed E-state index contributed by atoms with van der Waals surface area (Å²) in [6, 6.07) is 0. The lowest BCUT2D eigenvalue weighted by Crippen LogP contribution is -2.52. The Kier molecular flexibility index (Phi) is 4.34. The summed E-state index contributed by atoms with van der Waals surface area (Å²) in [6.45, 7) is 7.09. The van der Waals surface area contributed by atoms with Gasteiger partial charge in [0.05, 0.1) is 0 Å². The van der Waals surface area contributed by atoms with Crippen LogP contribution in [-0.2, 0) is 11.3 Å². The van der Waals surface area contributed by atoms with E-state index in [2.05, 4.69) is 4.98 Å². The maximum Gasteiger partial charge on any atom is 0.329 e. The van der Waals surface area contributed by atoms with E-state index in [1.165, 1.54) is 0 Å². The minimum absolute atomic E-state index is 0.202. The Balaban J connectivity index is 2.46. The van der Waals surface area contributed by atoms with E-state index in [-0.39, 0.29) is 11.4 Å². The van der Waals surface area contributed by atoms with Crippen LogP contribution in [0.5, 0.6) is 0 Å². The van der Waals surface area contributed by atoms with E-state index < -0.39 is 11.5 Å². The van der Waals surface area contributed by atoms with Gasteiger partial charge in [-0.1, -0.05) is 20.8 Å². The molecule has 0 aliphatic carbocycles. The molecular formula is C15H23N3O3. The summed E-state index contributed by atoms with van der Waals surface area (Å²) < 4.78 is 1.62. The molecule has 0 radical (unpaired) electrons. The number of rotatable bonds is 5. The Morgan fingerprint density at radius 1 is 1.52 bits per heavy atom. The molecular weight excluding hydrogens is 270 g/mol. The molecule has 0 saturated carbocycles. The fourth-order valence-electron chi connectivity index (χ4n) is 3.09. The van der Waals surface area contributed by atoms with Gasteiger partial charge in [0.1, 0.15) is 5.54 Å². The van der Waals surface area contributed by atoms with E-state index >= 15 is 0 Å². The van der Waals surface area contributed by atoms with Gasteiger partial charge in [0.15, 0.2) is 5.82 Å². The van der Waals surface area contributed by atoms with Gasteiger partial charge in [0.2, 0.25) is 0 Å². The molecule has 21 heavy (non-hydrogen) atoms. The van der Waals surface area contributed by atoms with Crippen LogP contribution in [-0.4, -0.2) is 32.7 Å². The molecule has 1 saturated heterocycles. The molecule has 0 bridgehead atoms. The van der Waals surface area contributed by atoms with Gasteiger partial charge < -0.3 is 14.6 Å². The van der Waals surface area contributed by atoms with Gasteiger partial charge in [-0.05, 0) is 25.2 Å². The number of anilines is 1. The summed E-state index contributed by atoms with van der Waals surface area (Å²) in [5, 5.41) is 9.62. The van der Waals surface area contributed by atoms with Gasteiger partial charge >= 0.3 is 5.97 Å². The summed E-state index contributed by atoms with van der Waals surface area (Å²) in [5.74, 6) is -0.269. The highest BCUT2D eigenvalue weighted by molar-refractivity contribution is 5.83. The average molecular weight is 293 g/mol. The maximum absolute atomic E-state index is 12.6. The summed E-state index contributed by atoms with van der Waals surface area (Å²) in [5.41, 5.74) is -1.20. The SMILES string of the molecule is CCC1(C(=O)O)CCCN1c1nccn(CC(C)C)c1=O. The second-order valence-electron chi connectivity index (χ2n) is 6.05. The monoisotopic (exact) mass is 293 g/mol. The lowest BCUT2D eigenvalue weighted by molar-refractivity contribution is -0.143. The van der Waals surface area contributed by atoms with Gasteiger partial charge in [-0.3, -0.25) is 4.79 Å². The predicted molar refractivity (Wildman–Crippen MR) is 80.6 cm³/mol. The van der Waals surface area contributed by atoms with Crippen LogP contribution in [0.3, 0.4) is 0 Å². The molecule has 6 nitrogen and oxygen atoms in total. The second-order valence-corrected chi connectivity index (χ2v) is 6.05. The minimum atomic E-state index is -0.997. The predicted octanol–water partition coefficient (Wildman–Crippen LogP) is 1.73. The van der Waals surface area contributed by atoms with Crippen molar-refractivity contribution in [3.05, 3.63) is 22.7 Å². The van der Waals surface area contributed by atoms with Crippen molar-refractivity contribution in [3.8, 4) is 0 Å². The zero-order valence-electron chi connectivity index (χ0n) is 12.9. The van der Waals surface area contributed by atoms with Gasteiger partial charge in [-0.2, -0.15) is 0 Å². The van der Waals surface area contributed by atoms with Gasteiger partial charge in [-0.15, -0.1) is 0 Å². The highest BCUT2D eigenvalue weighted by atomic mass is 16.4. The number of aliphatic carboxylic acids is 1. The molecule has 1 aliphatic heterocycles. The lowest BCUT2D eigenvalue weighted by atomic mass is 9.93. The molecule has 0 spiro atoms. The van der Waals surface area contributed by atoms with E-state index in [1.807, 2.05) is 20.8 Å². The first kappa shape index (κ1) is 15.5. The molecule has 1 N–H and O–H groups in total. The quantitative estimate of drug-likeness (QED) is 0.895. The number of nitrogens with zero attached hydrogens (tertiary/aromatic N) is 3. The lowest BCUT2D eigenvalue weighted by Gasteiger charge is -2.34. The Morgan fingerprint density at radius 3 is 2.81 bits per heavy atom. The van der Waals surface area contributed by atoms with Crippen LogP contribution >= 0.6 is 0 Å². The zero-order chi connectivity index (χ0) is 15.6. The topological polar surface area (TPSA) is 75.4 Å². The Labute approximate surface area is 124 Å². The Bertz CT molecular complexity index is 582. The number of hydrogen-bond donors (Lipinski definition) is 1. The van der Waals surface area contributed by atoms with E-state index in [9.17, 15) is 14.7 Å². The van der Waals surface area contributed by atoms with E-state index in [0.29, 0.717) is 31.8 Å². The largest absolute Gasteiger partial charge is 0.479 e. The first-order valence-electron chi connectivity index (χ1n) is 7.49.